The SMILES string of the molecule is O=C1CN=C(c2nccs2)c2cc(I)ccc2N1. The summed E-state index contributed by atoms with van der Waals surface area (Å²) in [4.78, 5) is 20.3. The zero-order valence-corrected chi connectivity index (χ0v) is 12.2. The topological polar surface area (TPSA) is 54.4 Å². The number of fused-ring (bicyclic) bond motifs is 1. The molecule has 90 valence electrons. The van der Waals surface area contributed by atoms with Gasteiger partial charge in [-0.2, -0.15) is 0 Å². The lowest BCUT2D eigenvalue weighted by Gasteiger charge is -2.08. The van der Waals surface area contributed by atoms with Gasteiger partial charge in [0.15, 0.2) is 0 Å². The van der Waals surface area contributed by atoms with E-state index in [0.29, 0.717) is 0 Å². The fourth-order valence-electron chi connectivity index (χ4n) is 1.77. The summed E-state index contributed by atoms with van der Waals surface area (Å²) in [5, 5.41) is 5.61. The third kappa shape index (κ3) is 2.17. The van der Waals surface area contributed by atoms with E-state index in [4.69, 9.17) is 0 Å². The summed E-state index contributed by atoms with van der Waals surface area (Å²) in [6, 6.07) is 5.88. The normalized spacial score (nSPS) is 14.5. The minimum Gasteiger partial charge on any atom is -0.324 e. The second kappa shape index (κ2) is 4.77. The van der Waals surface area contributed by atoms with Gasteiger partial charge in [0.1, 0.15) is 17.3 Å². The Hall–Kier alpha value is -1.28. The van der Waals surface area contributed by atoms with Crippen LogP contribution in [-0.4, -0.2) is 23.1 Å². The molecule has 1 aromatic carbocycles. The molecular weight excluding hydrogens is 361 g/mol. The average molecular weight is 369 g/mol. The molecule has 0 unspecified atom stereocenters. The highest BCUT2D eigenvalue weighted by Gasteiger charge is 2.19. The summed E-state index contributed by atoms with van der Waals surface area (Å²) in [5.41, 5.74) is 2.52. The molecule has 18 heavy (non-hydrogen) atoms. The Morgan fingerprint density at radius 1 is 1.39 bits per heavy atom. The van der Waals surface area contributed by atoms with Gasteiger partial charge < -0.3 is 5.32 Å². The number of nitrogens with zero attached hydrogens (tertiary/aromatic N) is 2. The minimum absolute atomic E-state index is 0.0935. The van der Waals surface area contributed by atoms with Crippen molar-refractivity contribution in [2.24, 2.45) is 4.99 Å². The van der Waals surface area contributed by atoms with Crippen LogP contribution in [0.1, 0.15) is 10.6 Å². The number of carbonyl (C=O) groups excluding carboxylic acids is 1. The second-order valence-corrected chi connectivity index (χ2v) is 5.88. The molecule has 2 heterocycles. The molecule has 0 saturated carbocycles. The van der Waals surface area contributed by atoms with Crippen molar-refractivity contribution in [3.05, 3.63) is 43.9 Å². The molecule has 0 atom stereocenters. The molecule has 0 spiro atoms. The van der Waals surface area contributed by atoms with Crippen LogP contribution in [0.15, 0.2) is 34.8 Å². The zero-order chi connectivity index (χ0) is 12.5. The van der Waals surface area contributed by atoms with E-state index in [1.54, 1.807) is 6.20 Å². The molecule has 0 bridgehead atoms. The van der Waals surface area contributed by atoms with Gasteiger partial charge in [0.05, 0.1) is 5.69 Å². The Morgan fingerprint density at radius 3 is 3.06 bits per heavy atom. The number of nitrogens with one attached hydrogen (secondary N) is 1. The molecule has 0 fully saturated rings. The molecule has 1 aliphatic heterocycles. The van der Waals surface area contributed by atoms with Crippen molar-refractivity contribution in [1.82, 2.24) is 4.98 Å². The Kier molecular flexibility index (Phi) is 3.13. The molecule has 4 nitrogen and oxygen atoms in total. The van der Waals surface area contributed by atoms with Crippen LogP contribution < -0.4 is 5.32 Å². The number of rotatable bonds is 1. The van der Waals surface area contributed by atoms with Crippen LogP contribution >= 0.6 is 33.9 Å². The van der Waals surface area contributed by atoms with Gasteiger partial charge in [-0.05, 0) is 40.8 Å². The third-order valence-electron chi connectivity index (χ3n) is 2.53. The van der Waals surface area contributed by atoms with E-state index in [0.717, 1.165) is 25.5 Å². The van der Waals surface area contributed by atoms with Crippen LogP contribution in [0.3, 0.4) is 0 Å². The first-order chi connectivity index (χ1) is 8.74. The van der Waals surface area contributed by atoms with Crippen LogP contribution in [0.25, 0.3) is 0 Å². The van der Waals surface area contributed by atoms with Gasteiger partial charge in [-0.15, -0.1) is 11.3 Å². The third-order valence-corrected chi connectivity index (χ3v) is 3.98. The summed E-state index contributed by atoms with van der Waals surface area (Å²) in [5.74, 6) is -0.0935. The number of amides is 1. The fraction of sp³-hybridized carbons (Fsp3) is 0.0833. The Bertz CT molecular complexity index is 637. The molecule has 1 amide bonds. The van der Waals surface area contributed by atoms with E-state index in [-0.39, 0.29) is 12.5 Å². The summed E-state index contributed by atoms with van der Waals surface area (Å²) >= 11 is 3.77. The molecule has 0 radical (unpaired) electrons. The van der Waals surface area contributed by atoms with Gasteiger partial charge in [-0.3, -0.25) is 9.79 Å². The number of aromatic nitrogens is 1. The van der Waals surface area contributed by atoms with Crippen LogP contribution in [0.5, 0.6) is 0 Å². The van der Waals surface area contributed by atoms with Gasteiger partial charge in [-0.25, -0.2) is 4.98 Å². The predicted octanol–water partition coefficient (Wildman–Crippen LogP) is 2.54. The first-order valence-electron chi connectivity index (χ1n) is 5.28. The van der Waals surface area contributed by atoms with Crippen molar-refractivity contribution in [1.29, 1.82) is 0 Å². The Balaban J connectivity index is 2.20. The number of hydrogen-bond donors (Lipinski definition) is 1. The molecular formula is C12H8IN3OS. The summed E-state index contributed by atoms with van der Waals surface area (Å²) in [6.07, 6.45) is 1.75. The van der Waals surface area contributed by atoms with Crippen molar-refractivity contribution >= 4 is 51.2 Å². The van der Waals surface area contributed by atoms with Crippen molar-refractivity contribution in [3.8, 4) is 0 Å². The number of carbonyl (C=O) groups is 1. The fourth-order valence-corrected chi connectivity index (χ4v) is 2.92. The summed E-state index contributed by atoms with van der Waals surface area (Å²) < 4.78 is 1.10. The van der Waals surface area contributed by atoms with Gasteiger partial charge in [0.25, 0.3) is 0 Å². The highest BCUT2D eigenvalue weighted by atomic mass is 127. The zero-order valence-electron chi connectivity index (χ0n) is 9.18. The van der Waals surface area contributed by atoms with Crippen molar-refractivity contribution in [3.63, 3.8) is 0 Å². The highest BCUT2D eigenvalue weighted by Crippen LogP contribution is 2.25. The maximum atomic E-state index is 11.6. The lowest BCUT2D eigenvalue weighted by molar-refractivity contribution is -0.114. The standard InChI is InChI=1S/C12H8IN3OS/c13-7-1-2-9-8(5-7)11(12-14-3-4-18-12)15-6-10(17)16-9/h1-5H,6H2,(H,16,17). The van der Waals surface area contributed by atoms with Crippen LogP contribution in [0.2, 0.25) is 0 Å². The maximum absolute atomic E-state index is 11.6. The molecule has 0 saturated heterocycles. The second-order valence-electron chi connectivity index (χ2n) is 3.74. The molecule has 6 heteroatoms. The lowest BCUT2D eigenvalue weighted by atomic mass is 10.1. The largest absolute Gasteiger partial charge is 0.324 e. The van der Waals surface area contributed by atoms with Gasteiger partial charge in [-0.1, -0.05) is 0 Å². The molecule has 1 N–H and O–H groups in total. The van der Waals surface area contributed by atoms with Gasteiger partial charge in [0, 0.05) is 20.7 Å². The molecule has 1 aliphatic rings. The Morgan fingerprint density at radius 2 is 2.28 bits per heavy atom. The monoisotopic (exact) mass is 369 g/mol. The predicted molar refractivity (Wildman–Crippen MR) is 80.4 cm³/mol. The number of anilines is 1. The minimum atomic E-state index is -0.0935. The molecule has 2 aromatic rings. The van der Waals surface area contributed by atoms with E-state index >= 15 is 0 Å². The van der Waals surface area contributed by atoms with Gasteiger partial charge in [0.2, 0.25) is 5.91 Å². The first-order valence-corrected chi connectivity index (χ1v) is 7.24. The van der Waals surface area contributed by atoms with E-state index < -0.39 is 0 Å². The van der Waals surface area contributed by atoms with Crippen LogP contribution in [-0.2, 0) is 4.79 Å². The number of halogens is 1. The smallest absolute Gasteiger partial charge is 0.246 e. The van der Waals surface area contributed by atoms with E-state index in [1.807, 2.05) is 23.6 Å². The summed E-state index contributed by atoms with van der Waals surface area (Å²) in [7, 11) is 0. The number of benzodiazepines with no additional fused rings is 1. The first kappa shape index (κ1) is 11.8. The molecule has 1 aromatic heterocycles. The highest BCUT2D eigenvalue weighted by molar-refractivity contribution is 14.1. The van der Waals surface area contributed by atoms with Crippen LogP contribution in [0, 0.1) is 3.57 Å². The molecule has 3 rings (SSSR count). The average Bonchev–Trinajstić information content (AvgIpc) is 2.81. The van der Waals surface area contributed by atoms with Crippen molar-refractivity contribution in [2.75, 3.05) is 11.9 Å². The Labute approximate surface area is 121 Å². The van der Waals surface area contributed by atoms with Gasteiger partial charge >= 0.3 is 0 Å². The lowest BCUT2D eigenvalue weighted by Crippen LogP contribution is -2.13. The van der Waals surface area contributed by atoms with E-state index in [2.05, 4.69) is 37.9 Å². The van der Waals surface area contributed by atoms with Crippen molar-refractivity contribution in [2.45, 2.75) is 0 Å². The van der Waals surface area contributed by atoms with E-state index in [9.17, 15) is 4.79 Å². The maximum Gasteiger partial charge on any atom is 0.246 e. The van der Waals surface area contributed by atoms with Crippen LogP contribution in [0.4, 0.5) is 5.69 Å². The van der Waals surface area contributed by atoms with Crippen molar-refractivity contribution < 1.29 is 4.79 Å². The quantitative estimate of drug-likeness (QED) is 0.786. The number of thiazole rings is 1. The number of hydrogen-bond acceptors (Lipinski definition) is 4. The summed E-state index contributed by atoms with van der Waals surface area (Å²) in [6.45, 7) is 0.139. The van der Waals surface area contributed by atoms with E-state index in [1.165, 1.54) is 11.3 Å². The molecule has 0 aliphatic carbocycles. The number of benzene rings is 1. The number of aliphatic imine (C=N–C) groups is 1.